The average Bonchev–Trinajstić information content (AvgIpc) is 2.40. The van der Waals surface area contributed by atoms with E-state index in [1.807, 2.05) is 0 Å². The van der Waals surface area contributed by atoms with Crippen molar-refractivity contribution in [2.75, 3.05) is 5.73 Å². The summed E-state index contributed by atoms with van der Waals surface area (Å²) in [5.41, 5.74) is 5.63. The lowest BCUT2D eigenvalue weighted by molar-refractivity contribution is -0.137. The maximum atomic E-state index is 13.4. The molecule has 0 amide bonds. The molecular weight excluding hydrogens is 370 g/mol. The maximum Gasteiger partial charge on any atom is 0.416 e. The molecular formula is C14H10BrF4NS. The van der Waals surface area contributed by atoms with E-state index in [1.54, 1.807) is 12.1 Å². The molecule has 0 saturated carbocycles. The quantitative estimate of drug-likeness (QED) is 0.434. The number of anilines is 1. The molecule has 0 atom stereocenters. The number of thioether (sulfide) groups is 1. The van der Waals surface area contributed by atoms with E-state index in [4.69, 9.17) is 5.73 Å². The van der Waals surface area contributed by atoms with Gasteiger partial charge in [0.05, 0.1) is 10.0 Å². The smallest absolute Gasteiger partial charge is 0.398 e. The fourth-order valence-electron chi connectivity index (χ4n) is 1.67. The second kappa shape index (κ2) is 6.27. The summed E-state index contributed by atoms with van der Waals surface area (Å²) in [6.45, 7) is 0. The zero-order valence-corrected chi connectivity index (χ0v) is 12.9. The standard InChI is InChI=1S/C14H10BrF4NS/c15-13-8(2-1-3-10(13)16)7-21-12-5-4-9(6-11(12)20)14(17,18)19/h1-6H,7,20H2. The molecule has 0 radical (unpaired) electrons. The van der Waals surface area contributed by atoms with Crippen LogP contribution in [0.25, 0.3) is 0 Å². The summed E-state index contributed by atoms with van der Waals surface area (Å²) in [5, 5.41) is 0. The topological polar surface area (TPSA) is 26.0 Å². The van der Waals surface area contributed by atoms with Gasteiger partial charge in [0.1, 0.15) is 5.82 Å². The first-order valence-corrected chi connectivity index (χ1v) is 7.59. The van der Waals surface area contributed by atoms with Gasteiger partial charge in [0.2, 0.25) is 0 Å². The molecule has 1 nitrogen and oxygen atoms in total. The Morgan fingerprint density at radius 2 is 1.86 bits per heavy atom. The van der Waals surface area contributed by atoms with Crippen LogP contribution in [0.15, 0.2) is 45.8 Å². The molecule has 0 saturated heterocycles. The van der Waals surface area contributed by atoms with Crippen molar-refractivity contribution in [3.8, 4) is 0 Å². The van der Waals surface area contributed by atoms with Gasteiger partial charge in [0.15, 0.2) is 0 Å². The Morgan fingerprint density at radius 3 is 2.48 bits per heavy atom. The highest BCUT2D eigenvalue weighted by Gasteiger charge is 2.30. The predicted octanol–water partition coefficient (Wildman–Crippen LogP) is 5.48. The third-order valence-corrected chi connectivity index (χ3v) is 4.78. The van der Waals surface area contributed by atoms with Gasteiger partial charge >= 0.3 is 6.18 Å². The molecule has 0 unspecified atom stereocenters. The molecule has 0 heterocycles. The van der Waals surface area contributed by atoms with Crippen molar-refractivity contribution in [1.29, 1.82) is 0 Å². The molecule has 0 aliphatic heterocycles. The van der Waals surface area contributed by atoms with Crippen molar-refractivity contribution in [2.45, 2.75) is 16.8 Å². The van der Waals surface area contributed by atoms with E-state index in [2.05, 4.69) is 15.9 Å². The summed E-state index contributed by atoms with van der Waals surface area (Å²) in [6.07, 6.45) is -4.41. The fourth-order valence-corrected chi connectivity index (χ4v) is 3.20. The first-order chi connectivity index (χ1) is 9.79. The van der Waals surface area contributed by atoms with Crippen LogP contribution in [0.5, 0.6) is 0 Å². The lowest BCUT2D eigenvalue weighted by Gasteiger charge is -2.11. The van der Waals surface area contributed by atoms with E-state index < -0.39 is 11.7 Å². The first kappa shape index (κ1) is 16.2. The van der Waals surface area contributed by atoms with E-state index in [-0.39, 0.29) is 11.5 Å². The molecule has 0 aliphatic carbocycles. The van der Waals surface area contributed by atoms with Crippen LogP contribution in [0.2, 0.25) is 0 Å². The fraction of sp³-hybridized carbons (Fsp3) is 0.143. The molecule has 0 spiro atoms. The normalized spacial score (nSPS) is 11.7. The predicted molar refractivity (Wildman–Crippen MR) is 79.5 cm³/mol. The van der Waals surface area contributed by atoms with Gasteiger partial charge in [-0.15, -0.1) is 11.8 Å². The van der Waals surface area contributed by atoms with Crippen molar-refractivity contribution < 1.29 is 17.6 Å². The number of alkyl halides is 3. The van der Waals surface area contributed by atoms with Gasteiger partial charge in [-0.2, -0.15) is 13.2 Å². The minimum Gasteiger partial charge on any atom is -0.398 e. The second-order valence-corrected chi connectivity index (χ2v) is 6.06. The second-order valence-electron chi connectivity index (χ2n) is 4.25. The van der Waals surface area contributed by atoms with Crippen LogP contribution in [-0.4, -0.2) is 0 Å². The van der Waals surface area contributed by atoms with Gasteiger partial charge in [0, 0.05) is 16.3 Å². The number of rotatable bonds is 3. The monoisotopic (exact) mass is 379 g/mol. The number of hydrogen-bond acceptors (Lipinski definition) is 2. The molecule has 112 valence electrons. The summed E-state index contributed by atoms with van der Waals surface area (Å²) in [6, 6.07) is 7.86. The van der Waals surface area contributed by atoms with Gasteiger partial charge in [0.25, 0.3) is 0 Å². The van der Waals surface area contributed by atoms with Crippen molar-refractivity contribution in [3.63, 3.8) is 0 Å². The maximum absolute atomic E-state index is 13.4. The number of halogens is 5. The molecule has 7 heteroatoms. The molecule has 0 aliphatic rings. The molecule has 2 N–H and O–H groups in total. The van der Waals surface area contributed by atoms with E-state index in [1.165, 1.54) is 23.9 Å². The van der Waals surface area contributed by atoms with Crippen LogP contribution in [0.1, 0.15) is 11.1 Å². The lowest BCUT2D eigenvalue weighted by Crippen LogP contribution is -2.05. The Hall–Kier alpha value is -1.21. The minimum absolute atomic E-state index is 0.0577. The SMILES string of the molecule is Nc1cc(C(F)(F)F)ccc1SCc1cccc(F)c1Br. The average molecular weight is 380 g/mol. The third-order valence-electron chi connectivity index (χ3n) is 2.75. The summed E-state index contributed by atoms with van der Waals surface area (Å²) in [4.78, 5) is 0.527. The Labute approximate surface area is 131 Å². The summed E-state index contributed by atoms with van der Waals surface area (Å²) >= 11 is 4.39. The largest absolute Gasteiger partial charge is 0.416 e. The van der Waals surface area contributed by atoms with Crippen molar-refractivity contribution in [2.24, 2.45) is 0 Å². The summed E-state index contributed by atoms with van der Waals surface area (Å²) in [7, 11) is 0. The third kappa shape index (κ3) is 3.91. The van der Waals surface area contributed by atoms with Crippen LogP contribution < -0.4 is 5.73 Å². The molecule has 0 fully saturated rings. The number of nitrogens with two attached hydrogens (primary N) is 1. The van der Waals surface area contributed by atoms with Crippen molar-refractivity contribution in [1.82, 2.24) is 0 Å². The molecule has 0 bridgehead atoms. The lowest BCUT2D eigenvalue weighted by atomic mass is 10.2. The Balaban J connectivity index is 2.16. The highest BCUT2D eigenvalue weighted by molar-refractivity contribution is 9.10. The Morgan fingerprint density at radius 1 is 1.14 bits per heavy atom. The number of nitrogen functional groups attached to an aromatic ring is 1. The van der Waals surface area contributed by atoms with Gasteiger partial charge in [-0.05, 0) is 45.8 Å². The van der Waals surface area contributed by atoms with Crippen molar-refractivity contribution in [3.05, 3.63) is 57.8 Å². The zero-order valence-electron chi connectivity index (χ0n) is 10.5. The first-order valence-electron chi connectivity index (χ1n) is 5.81. The van der Waals surface area contributed by atoms with Crippen molar-refractivity contribution >= 4 is 33.4 Å². The van der Waals surface area contributed by atoms with Gasteiger partial charge in [-0.1, -0.05) is 12.1 Å². The summed E-state index contributed by atoms with van der Waals surface area (Å²) < 4.78 is 51.3. The van der Waals surface area contributed by atoms with Crippen LogP contribution in [0.3, 0.4) is 0 Å². The van der Waals surface area contributed by atoms with Gasteiger partial charge in [-0.3, -0.25) is 0 Å². The van der Waals surface area contributed by atoms with Crippen LogP contribution in [-0.2, 0) is 11.9 Å². The van der Waals surface area contributed by atoms with E-state index >= 15 is 0 Å². The minimum atomic E-state index is -4.41. The van der Waals surface area contributed by atoms with E-state index in [9.17, 15) is 17.6 Å². The Bertz CT molecular complexity index is 658. The highest BCUT2D eigenvalue weighted by atomic mass is 79.9. The van der Waals surface area contributed by atoms with E-state index in [0.717, 1.165) is 12.1 Å². The van der Waals surface area contributed by atoms with Crippen LogP contribution in [0, 0.1) is 5.82 Å². The van der Waals surface area contributed by atoms with Gasteiger partial charge in [-0.25, -0.2) is 4.39 Å². The number of hydrogen-bond donors (Lipinski definition) is 1. The Kier molecular flexibility index (Phi) is 4.83. The van der Waals surface area contributed by atoms with Crippen LogP contribution in [0.4, 0.5) is 23.2 Å². The molecule has 2 aromatic rings. The molecule has 2 rings (SSSR count). The molecule has 0 aromatic heterocycles. The molecule has 2 aromatic carbocycles. The van der Waals surface area contributed by atoms with E-state index in [0.29, 0.717) is 20.7 Å². The van der Waals surface area contributed by atoms with Crippen LogP contribution >= 0.6 is 27.7 Å². The zero-order chi connectivity index (χ0) is 15.6. The highest BCUT2D eigenvalue weighted by Crippen LogP contribution is 2.36. The molecule has 21 heavy (non-hydrogen) atoms. The summed E-state index contributed by atoms with van der Waals surface area (Å²) in [5.74, 6) is 0.0157. The number of benzene rings is 2. The van der Waals surface area contributed by atoms with Gasteiger partial charge < -0.3 is 5.73 Å².